The Balaban J connectivity index is 4.15. The third-order valence-electron chi connectivity index (χ3n) is 2.90. The number of hydrogen-bond acceptors (Lipinski definition) is 4. The van der Waals surface area contributed by atoms with E-state index in [9.17, 15) is 14.4 Å². The molecule has 2 atom stereocenters. The van der Waals surface area contributed by atoms with Crippen molar-refractivity contribution in [3.05, 3.63) is 11.6 Å². The van der Waals surface area contributed by atoms with Crippen LogP contribution in [0.2, 0.25) is 0 Å². The van der Waals surface area contributed by atoms with Crippen molar-refractivity contribution in [2.45, 2.75) is 59.5 Å². The first kappa shape index (κ1) is 17.6. The highest BCUT2D eigenvalue weighted by molar-refractivity contribution is 5.83. The molecule has 0 rings (SSSR count). The summed E-state index contributed by atoms with van der Waals surface area (Å²) in [4.78, 5) is 32.6. The molecule has 2 unspecified atom stereocenters. The number of ether oxygens (including phenoxy) is 1. The molecule has 0 aliphatic heterocycles. The Bertz CT molecular complexity index is 344. The van der Waals surface area contributed by atoms with Gasteiger partial charge < -0.3 is 9.53 Å². The van der Waals surface area contributed by atoms with Gasteiger partial charge in [-0.3, -0.25) is 9.59 Å². The van der Waals surface area contributed by atoms with E-state index in [1.165, 1.54) is 13.8 Å². The van der Waals surface area contributed by atoms with Crippen molar-refractivity contribution >= 4 is 18.0 Å². The SMILES string of the molecule is CC(=O)OC(C/C=C(\C)CCCC(C)C=O)C(C)=O. The molecule has 0 N–H and O–H groups in total. The molecule has 0 radical (unpaired) electrons. The molecule has 0 saturated heterocycles. The van der Waals surface area contributed by atoms with Crippen LogP contribution in [0.1, 0.15) is 53.4 Å². The predicted molar refractivity (Wildman–Crippen MR) is 73.7 cm³/mol. The average Bonchev–Trinajstić information content (AvgIpc) is 2.33. The first-order valence-corrected chi connectivity index (χ1v) is 6.65. The molecule has 108 valence electrons. The molecule has 0 aromatic heterocycles. The van der Waals surface area contributed by atoms with Crippen molar-refractivity contribution in [2.75, 3.05) is 0 Å². The third-order valence-corrected chi connectivity index (χ3v) is 2.90. The van der Waals surface area contributed by atoms with Gasteiger partial charge in [-0.25, -0.2) is 0 Å². The largest absolute Gasteiger partial charge is 0.454 e. The second-order valence-electron chi connectivity index (χ2n) is 5.00. The Morgan fingerprint density at radius 3 is 2.32 bits per heavy atom. The number of esters is 1. The number of Topliss-reactive ketones (excluding diaryl/α,β-unsaturated/α-hetero) is 1. The molecule has 0 aromatic carbocycles. The average molecular weight is 268 g/mol. The van der Waals surface area contributed by atoms with Crippen molar-refractivity contribution in [1.82, 2.24) is 0 Å². The van der Waals surface area contributed by atoms with Crippen LogP contribution >= 0.6 is 0 Å². The summed E-state index contributed by atoms with van der Waals surface area (Å²) in [6, 6.07) is 0. The van der Waals surface area contributed by atoms with Gasteiger partial charge in [0.1, 0.15) is 6.29 Å². The fraction of sp³-hybridized carbons (Fsp3) is 0.667. The predicted octanol–water partition coefficient (Wildman–Crippen LogP) is 2.85. The molecule has 4 nitrogen and oxygen atoms in total. The summed E-state index contributed by atoms with van der Waals surface area (Å²) >= 11 is 0. The minimum Gasteiger partial charge on any atom is -0.454 e. The van der Waals surface area contributed by atoms with E-state index < -0.39 is 12.1 Å². The first-order chi connectivity index (χ1) is 8.86. The van der Waals surface area contributed by atoms with E-state index in [4.69, 9.17) is 4.74 Å². The Hall–Kier alpha value is -1.45. The Morgan fingerprint density at radius 2 is 1.84 bits per heavy atom. The normalized spacial score (nSPS) is 14.6. The lowest BCUT2D eigenvalue weighted by Crippen LogP contribution is -2.23. The summed E-state index contributed by atoms with van der Waals surface area (Å²) in [5, 5.41) is 0. The van der Waals surface area contributed by atoms with Crippen LogP contribution in [-0.2, 0) is 19.1 Å². The van der Waals surface area contributed by atoms with Crippen molar-refractivity contribution in [3.63, 3.8) is 0 Å². The number of allylic oxidation sites excluding steroid dienone is 1. The van der Waals surface area contributed by atoms with Gasteiger partial charge in [0.2, 0.25) is 0 Å². The lowest BCUT2D eigenvalue weighted by atomic mass is 10.0. The number of aldehydes is 1. The maximum Gasteiger partial charge on any atom is 0.303 e. The maximum absolute atomic E-state index is 11.3. The van der Waals surface area contributed by atoms with Gasteiger partial charge in [0.25, 0.3) is 0 Å². The van der Waals surface area contributed by atoms with Gasteiger partial charge >= 0.3 is 5.97 Å². The molecule has 19 heavy (non-hydrogen) atoms. The van der Waals surface area contributed by atoms with Gasteiger partial charge in [0.15, 0.2) is 11.9 Å². The van der Waals surface area contributed by atoms with E-state index in [1.54, 1.807) is 0 Å². The minimum atomic E-state index is -0.679. The molecule has 0 saturated carbocycles. The van der Waals surface area contributed by atoms with Gasteiger partial charge in [0, 0.05) is 19.3 Å². The van der Waals surface area contributed by atoms with E-state index in [1.807, 2.05) is 19.9 Å². The first-order valence-electron chi connectivity index (χ1n) is 6.65. The summed E-state index contributed by atoms with van der Waals surface area (Å²) in [6.45, 7) is 6.60. The van der Waals surface area contributed by atoms with E-state index in [2.05, 4.69) is 0 Å². The van der Waals surface area contributed by atoms with E-state index in [-0.39, 0.29) is 11.7 Å². The van der Waals surface area contributed by atoms with Crippen LogP contribution < -0.4 is 0 Å². The molecule has 0 fully saturated rings. The smallest absolute Gasteiger partial charge is 0.303 e. The lowest BCUT2D eigenvalue weighted by molar-refractivity contribution is -0.152. The highest BCUT2D eigenvalue weighted by atomic mass is 16.5. The molecule has 0 amide bonds. The number of carbonyl (C=O) groups is 3. The van der Waals surface area contributed by atoms with Gasteiger partial charge in [-0.15, -0.1) is 0 Å². The minimum absolute atomic E-state index is 0.0961. The second-order valence-corrected chi connectivity index (χ2v) is 5.00. The molecule has 0 aliphatic rings. The zero-order chi connectivity index (χ0) is 14.8. The van der Waals surface area contributed by atoms with Crippen LogP contribution in [0.15, 0.2) is 11.6 Å². The van der Waals surface area contributed by atoms with Gasteiger partial charge in [0.05, 0.1) is 0 Å². The molecular formula is C15H24O4. The Kier molecular flexibility index (Phi) is 8.75. The van der Waals surface area contributed by atoms with Crippen molar-refractivity contribution in [2.24, 2.45) is 5.92 Å². The molecule has 0 aliphatic carbocycles. The van der Waals surface area contributed by atoms with E-state index in [0.29, 0.717) is 6.42 Å². The monoisotopic (exact) mass is 268 g/mol. The molecule has 4 heteroatoms. The van der Waals surface area contributed by atoms with Crippen LogP contribution in [-0.4, -0.2) is 24.1 Å². The van der Waals surface area contributed by atoms with Gasteiger partial charge in [-0.05, 0) is 33.1 Å². The van der Waals surface area contributed by atoms with Crippen molar-refractivity contribution in [3.8, 4) is 0 Å². The van der Waals surface area contributed by atoms with Gasteiger partial charge in [-0.1, -0.05) is 18.6 Å². The number of rotatable bonds is 9. The van der Waals surface area contributed by atoms with Crippen LogP contribution in [0.5, 0.6) is 0 Å². The standard InChI is InChI=1S/C15H24O4/c1-11(6-5-7-12(2)10-16)8-9-15(13(3)17)19-14(4)18/h8,10,12,15H,5-7,9H2,1-4H3/b11-8+. The van der Waals surface area contributed by atoms with Crippen LogP contribution in [0.4, 0.5) is 0 Å². The zero-order valence-electron chi connectivity index (χ0n) is 12.3. The number of ketones is 1. The van der Waals surface area contributed by atoms with E-state index >= 15 is 0 Å². The quantitative estimate of drug-likeness (QED) is 0.366. The summed E-state index contributed by atoms with van der Waals surface area (Å²) in [5.74, 6) is -0.487. The lowest BCUT2D eigenvalue weighted by Gasteiger charge is -2.12. The topological polar surface area (TPSA) is 60.4 Å². The molecule has 0 bridgehead atoms. The second kappa shape index (κ2) is 9.48. The number of hydrogen-bond donors (Lipinski definition) is 0. The molecule has 0 spiro atoms. The summed E-state index contributed by atoms with van der Waals surface area (Å²) < 4.78 is 4.94. The molecule has 0 aromatic rings. The van der Waals surface area contributed by atoms with Crippen LogP contribution in [0.25, 0.3) is 0 Å². The van der Waals surface area contributed by atoms with E-state index in [0.717, 1.165) is 31.1 Å². The van der Waals surface area contributed by atoms with Crippen LogP contribution in [0.3, 0.4) is 0 Å². The summed E-state index contributed by atoms with van der Waals surface area (Å²) in [7, 11) is 0. The fourth-order valence-electron chi connectivity index (χ4n) is 1.68. The highest BCUT2D eigenvalue weighted by Gasteiger charge is 2.15. The Morgan fingerprint density at radius 1 is 1.21 bits per heavy atom. The van der Waals surface area contributed by atoms with Crippen molar-refractivity contribution in [1.29, 1.82) is 0 Å². The molecule has 0 heterocycles. The van der Waals surface area contributed by atoms with Gasteiger partial charge in [-0.2, -0.15) is 0 Å². The molecular weight excluding hydrogens is 244 g/mol. The summed E-state index contributed by atoms with van der Waals surface area (Å²) in [5.41, 5.74) is 1.15. The highest BCUT2D eigenvalue weighted by Crippen LogP contribution is 2.13. The van der Waals surface area contributed by atoms with Crippen molar-refractivity contribution < 1.29 is 19.1 Å². The Labute approximate surface area is 115 Å². The third kappa shape index (κ3) is 9.17. The number of carbonyl (C=O) groups excluding carboxylic acids is 3. The maximum atomic E-state index is 11.3. The summed E-state index contributed by atoms with van der Waals surface area (Å²) in [6.07, 6.45) is 5.34. The zero-order valence-corrected chi connectivity index (χ0v) is 12.3. The van der Waals surface area contributed by atoms with Crippen LogP contribution in [0, 0.1) is 5.92 Å². The fourth-order valence-corrected chi connectivity index (χ4v) is 1.68.